The van der Waals surface area contributed by atoms with Gasteiger partial charge in [-0.1, -0.05) is 0 Å². The molecule has 21 atom stereocenters. The van der Waals surface area contributed by atoms with Crippen LogP contribution >= 0.6 is 0 Å². The Morgan fingerprint density at radius 2 is 1.19 bits per heavy atom. The molecule has 3 aromatic carbocycles. The lowest BCUT2D eigenvalue weighted by atomic mass is 9.96. The second-order valence-electron chi connectivity index (χ2n) is 21.9. The summed E-state index contributed by atoms with van der Waals surface area (Å²) < 4.78 is 72.9. The smallest absolute Gasteiger partial charge is 0.506 e. The molecule has 0 radical (unpaired) electrons. The number of aliphatic hydroxyl groups excluding tert-OH is 13. The zero-order chi connectivity index (χ0) is 68.8. The van der Waals surface area contributed by atoms with E-state index in [0.29, 0.717) is 6.07 Å². The minimum absolute atomic E-state index is 0.0240. The monoisotopic (exact) mass is 1350 g/mol. The van der Waals surface area contributed by atoms with Gasteiger partial charge in [-0.15, -0.1) is 0 Å². The third-order valence-corrected chi connectivity index (χ3v) is 15.6. The third-order valence-electron chi connectivity index (χ3n) is 15.6. The predicted octanol–water partition coefficient (Wildman–Crippen LogP) is -3.84. The second-order valence-corrected chi connectivity index (χ2v) is 21.9. The molecular weight excluding hydrogens is 1290 g/mol. The van der Waals surface area contributed by atoms with Crippen LogP contribution in [0.2, 0.25) is 0 Å². The molecule has 37 heteroatoms. The Labute approximate surface area is 529 Å². The van der Waals surface area contributed by atoms with Gasteiger partial charge in [-0.3, -0.25) is 14.4 Å². The zero-order valence-corrected chi connectivity index (χ0v) is 48.2. The van der Waals surface area contributed by atoms with Gasteiger partial charge in [0.15, 0.2) is 65.6 Å². The van der Waals surface area contributed by atoms with Crippen molar-refractivity contribution >= 4 is 40.8 Å². The molecule has 37 nitrogen and oxygen atoms in total. The fourth-order valence-electron chi connectivity index (χ4n) is 10.7. The number of allylic oxidation sites excluding steroid dienone is 2. The zero-order valence-electron chi connectivity index (χ0n) is 48.2. The number of carboxylic acids is 1. The van der Waals surface area contributed by atoms with Crippen molar-refractivity contribution in [1.29, 1.82) is 0 Å². The number of hydrogen-bond acceptors (Lipinski definition) is 35. The van der Waals surface area contributed by atoms with E-state index in [9.17, 15) is 121 Å². The van der Waals surface area contributed by atoms with Gasteiger partial charge in [0.05, 0.1) is 13.2 Å². The van der Waals surface area contributed by atoms with Crippen molar-refractivity contribution in [1.82, 2.24) is 0 Å². The summed E-state index contributed by atoms with van der Waals surface area (Å²) in [5.41, 5.74) is -2.10. The average Bonchev–Trinajstić information content (AvgIpc) is 0.767. The number of fused-ring (bicyclic) bond motifs is 2. The molecule has 19 N–H and O–H groups in total. The molecule has 1 aliphatic carbocycles. The number of benzene rings is 3. The maximum atomic E-state index is 14.7. The van der Waals surface area contributed by atoms with Crippen LogP contribution in [-0.4, -0.2) is 270 Å². The molecule has 0 amide bonds. The number of phenolic OH excluding ortho intramolecular Hbond substituents is 4. The van der Waals surface area contributed by atoms with E-state index in [-0.39, 0.29) is 28.2 Å². The van der Waals surface area contributed by atoms with E-state index in [0.717, 1.165) is 48.6 Å². The molecule has 0 bridgehead atoms. The number of carboxylic acid groups (broad SMARTS) is 2. The molecular formula is C58H60O37. The van der Waals surface area contributed by atoms with Crippen molar-refractivity contribution in [2.75, 3.05) is 19.8 Å². The van der Waals surface area contributed by atoms with E-state index in [1.165, 1.54) is 18.2 Å². The molecule has 4 fully saturated rings. The van der Waals surface area contributed by atoms with Gasteiger partial charge in [-0.2, -0.15) is 0 Å². The summed E-state index contributed by atoms with van der Waals surface area (Å²) >= 11 is 0. The summed E-state index contributed by atoms with van der Waals surface area (Å²) in [5.74, 6) is -11.5. The molecule has 4 saturated heterocycles. The number of ether oxygens (including phenoxy) is 12. The van der Waals surface area contributed by atoms with Gasteiger partial charge in [-0.25, -0.2) is 9.59 Å². The molecule has 4 aromatic rings. The SMILES string of the molecule is O=C(O)O[C@@H]1[C@@H](O)[C@H](OC2=C(c3ccc(O)c(O)c3)OC3C=C(O)C=C(O)C3=C2)O[C@@H](COC(=O)CC(=O)O[C@H]2[C@H](Oc3cc(O)c4c(=O)c(O[C@@H]5O[C@@H](CO)[C@@H](O)[C@H](O)[C@H]5O[C@@H]5O[C@@H](CO)[C@@H](O)[C@H](O)[C@H]5O)c(-c5ccc(O)cc5)oc4c3)O[C@@H](C(=O)O)[C@@H](O)[C@@H]2O)[C@H]1O. The van der Waals surface area contributed by atoms with Gasteiger partial charge in [0.1, 0.15) is 126 Å². The molecule has 0 saturated carbocycles. The molecule has 514 valence electrons. The van der Waals surface area contributed by atoms with Crippen LogP contribution in [0, 0.1) is 0 Å². The molecule has 6 heterocycles. The van der Waals surface area contributed by atoms with Crippen LogP contribution < -0.4 is 14.9 Å². The number of carbonyl (C=O) groups is 4. The topological polar surface area (TPSA) is 594 Å². The lowest BCUT2D eigenvalue weighted by Gasteiger charge is -2.45. The number of aliphatic hydroxyl groups is 13. The summed E-state index contributed by atoms with van der Waals surface area (Å²) in [6, 6.07) is 9.44. The van der Waals surface area contributed by atoms with Crippen molar-refractivity contribution in [3.63, 3.8) is 0 Å². The molecule has 0 spiro atoms. The van der Waals surface area contributed by atoms with E-state index in [4.69, 9.17) is 61.3 Å². The number of carbonyl (C=O) groups excluding carboxylic acids is 2. The Morgan fingerprint density at radius 1 is 0.547 bits per heavy atom. The molecule has 1 aromatic heterocycles. The second kappa shape index (κ2) is 28.1. The quantitative estimate of drug-likeness (QED) is 0.0185. The van der Waals surface area contributed by atoms with Gasteiger partial charge >= 0.3 is 24.1 Å². The van der Waals surface area contributed by atoms with Crippen LogP contribution in [0.25, 0.3) is 28.1 Å². The summed E-state index contributed by atoms with van der Waals surface area (Å²) in [6.45, 7) is -3.05. The van der Waals surface area contributed by atoms with Crippen molar-refractivity contribution in [2.45, 2.75) is 135 Å². The fourth-order valence-corrected chi connectivity index (χ4v) is 10.7. The summed E-state index contributed by atoms with van der Waals surface area (Å²) in [5, 5.41) is 200. The largest absolute Gasteiger partial charge is 0.508 e. The molecule has 1 unspecified atom stereocenters. The van der Waals surface area contributed by atoms with Crippen molar-refractivity contribution in [3.05, 3.63) is 111 Å². The van der Waals surface area contributed by atoms with Gasteiger partial charge in [-0.05, 0) is 48.5 Å². The summed E-state index contributed by atoms with van der Waals surface area (Å²) in [6.07, 6.45) is -43.6. The minimum atomic E-state index is -2.45. The number of phenols is 4. The average molecular weight is 1350 g/mol. The first-order valence-electron chi connectivity index (χ1n) is 28.2. The first-order chi connectivity index (χ1) is 45.0. The van der Waals surface area contributed by atoms with Crippen molar-refractivity contribution in [3.8, 4) is 45.8 Å². The Bertz CT molecular complexity index is 3730. The van der Waals surface area contributed by atoms with Gasteiger partial charge in [0.2, 0.25) is 30.0 Å². The molecule has 95 heavy (non-hydrogen) atoms. The summed E-state index contributed by atoms with van der Waals surface area (Å²) in [4.78, 5) is 65.7. The number of aliphatic carboxylic acids is 1. The lowest BCUT2D eigenvalue weighted by Crippen LogP contribution is -2.65. The maximum absolute atomic E-state index is 14.7. The van der Waals surface area contributed by atoms with Crippen molar-refractivity contribution in [2.24, 2.45) is 0 Å². The fraction of sp³-hybridized carbons (Fsp3) is 0.431. The summed E-state index contributed by atoms with van der Waals surface area (Å²) in [7, 11) is 0. The maximum Gasteiger partial charge on any atom is 0.506 e. The van der Waals surface area contributed by atoms with E-state index >= 15 is 0 Å². The van der Waals surface area contributed by atoms with Gasteiger partial charge < -0.3 is 158 Å². The highest BCUT2D eigenvalue weighted by atomic mass is 16.8. The first kappa shape index (κ1) is 68.7. The van der Waals surface area contributed by atoms with Crippen LogP contribution in [0.3, 0.4) is 0 Å². The Balaban J connectivity index is 0.885. The Hall–Kier alpha value is -9.13. The van der Waals surface area contributed by atoms with E-state index < -0.39 is 247 Å². The van der Waals surface area contributed by atoms with Crippen LogP contribution in [0.15, 0.2) is 105 Å². The molecule has 5 aliphatic heterocycles. The van der Waals surface area contributed by atoms with E-state index in [1.807, 2.05) is 0 Å². The third kappa shape index (κ3) is 14.2. The number of aromatic hydroxyl groups is 4. The highest BCUT2D eigenvalue weighted by Gasteiger charge is 2.54. The lowest BCUT2D eigenvalue weighted by molar-refractivity contribution is -0.358. The van der Waals surface area contributed by atoms with Crippen LogP contribution in [0.4, 0.5) is 4.79 Å². The highest BCUT2D eigenvalue weighted by Crippen LogP contribution is 2.43. The minimum Gasteiger partial charge on any atom is -0.508 e. The number of rotatable bonds is 19. The predicted molar refractivity (Wildman–Crippen MR) is 298 cm³/mol. The van der Waals surface area contributed by atoms with Crippen molar-refractivity contribution < 1.29 is 177 Å². The Morgan fingerprint density at radius 3 is 1.85 bits per heavy atom. The standard InChI is InChI=1S/C58H60O37/c59-14-30-36(69)40(73)44(77)54(88-30)94-52-41(74)37(70)31(15-60)89-57(52)92-49-39(72)35-26(66)10-21(11-28(35)86-47(49)17-1-4-19(61)5-2-17)84-56-51(43(76)42(75)50(93-56)53(79)80)91-34(68)13-33(67)83-16-32-38(71)48(95-58(81)82)45(78)55(90-32)87-29-12-22-24(64)8-20(62)9-27(22)85-46(29)18-3-6-23(63)25(65)7-18/h1-12,27,30-32,36-38,40-45,48,50-52,54-57,59-66,69-71,73-78H,13-16H2,(H,79,80)(H,81,82)/t27?,30-,31-,32-,36+,37+,38+,40-,41-,42-,43-,44+,45+,48-,50+,51+,52+,54-,55+,56+,57-/m0/s1. The van der Waals surface area contributed by atoms with Gasteiger partial charge in [0, 0.05) is 41.0 Å². The molecule has 10 rings (SSSR count). The highest BCUT2D eigenvalue weighted by molar-refractivity contribution is 5.91. The van der Waals surface area contributed by atoms with Crippen LogP contribution in [0.1, 0.15) is 12.0 Å². The molecule has 6 aliphatic rings. The van der Waals surface area contributed by atoms with Crippen LogP contribution in [0.5, 0.6) is 34.5 Å². The first-order valence-corrected chi connectivity index (χ1v) is 28.2. The normalized spacial score (nSPS) is 33.1. The van der Waals surface area contributed by atoms with Crippen LogP contribution in [-0.2, 0) is 61.8 Å². The number of hydrogen-bond donors (Lipinski definition) is 19. The van der Waals surface area contributed by atoms with E-state index in [1.54, 1.807) is 0 Å². The van der Waals surface area contributed by atoms with E-state index in [2.05, 4.69) is 0 Å². The number of esters is 2. The van der Waals surface area contributed by atoms with Gasteiger partial charge in [0.25, 0.3) is 0 Å². The Kier molecular flexibility index (Phi) is 20.3.